The van der Waals surface area contributed by atoms with Crippen molar-refractivity contribution in [2.24, 2.45) is 0 Å². The maximum Gasteiger partial charge on any atom is 0.0759 e. The van der Waals surface area contributed by atoms with Crippen LogP contribution in [0.1, 0.15) is 29.9 Å². The van der Waals surface area contributed by atoms with Gasteiger partial charge < -0.3 is 5.32 Å². The van der Waals surface area contributed by atoms with E-state index in [1.165, 1.54) is 0 Å². The fourth-order valence-corrected chi connectivity index (χ4v) is 2.50. The lowest BCUT2D eigenvalue weighted by molar-refractivity contribution is 0.534. The summed E-state index contributed by atoms with van der Waals surface area (Å²) < 4.78 is 0. The Morgan fingerprint density at radius 3 is 2.60 bits per heavy atom. The van der Waals surface area contributed by atoms with Gasteiger partial charge in [-0.2, -0.15) is 0 Å². The molecule has 0 aliphatic rings. The highest BCUT2D eigenvalue weighted by Gasteiger charge is 2.15. The summed E-state index contributed by atoms with van der Waals surface area (Å²) in [5.74, 6) is 0. The Kier molecular flexibility index (Phi) is 5.35. The maximum absolute atomic E-state index is 6.24. The number of halogens is 2. The Labute approximate surface area is 129 Å². The van der Waals surface area contributed by atoms with E-state index >= 15 is 0 Å². The van der Waals surface area contributed by atoms with Crippen LogP contribution in [0, 0.1) is 6.92 Å². The summed E-state index contributed by atoms with van der Waals surface area (Å²) in [5.41, 5.74) is 2.88. The molecule has 1 unspecified atom stereocenters. The average Bonchev–Trinajstić information content (AvgIpc) is 2.42. The predicted molar refractivity (Wildman–Crippen MR) is 83.4 cm³/mol. The van der Waals surface area contributed by atoms with Crippen LogP contribution in [0.15, 0.2) is 30.6 Å². The third-order valence-corrected chi connectivity index (χ3v) is 3.63. The first-order valence-corrected chi connectivity index (χ1v) is 7.31. The van der Waals surface area contributed by atoms with Crippen LogP contribution in [0.4, 0.5) is 0 Å². The van der Waals surface area contributed by atoms with Gasteiger partial charge in [0.05, 0.1) is 23.6 Å². The highest BCUT2D eigenvalue weighted by molar-refractivity contribution is 6.35. The second-order valence-corrected chi connectivity index (χ2v) is 5.48. The van der Waals surface area contributed by atoms with Crippen molar-refractivity contribution >= 4 is 23.2 Å². The van der Waals surface area contributed by atoms with E-state index in [9.17, 15) is 0 Å². The Bertz CT molecular complexity index is 570. The smallest absolute Gasteiger partial charge is 0.0759 e. The molecule has 20 heavy (non-hydrogen) atoms. The molecular formula is C15H17Cl2N3. The number of nitrogens with zero attached hydrogens (tertiary/aromatic N) is 2. The molecule has 1 aromatic heterocycles. The van der Waals surface area contributed by atoms with Crippen LogP contribution in [-0.4, -0.2) is 16.5 Å². The van der Waals surface area contributed by atoms with Crippen LogP contribution in [0.5, 0.6) is 0 Å². The maximum atomic E-state index is 6.24. The molecule has 0 aliphatic heterocycles. The Hall–Kier alpha value is -1.16. The highest BCUT2D eigenvalue weighted by Crippen LogP contribution is 2.25. The standard InChI is InChI=1S/C15H17Cl2N3/c1-3-18-14(15-9-19-10(2)8-20-15)6-11-4-5-12(16)7-13(11)17/h4-5,7-9,14,18H,3,6H2,1-2H3. The van der Waals surface area contributed by atoms with Crippen molar-refractivity contribution in [3.63, 3.8) is 0 Å². The van der Waals surface area contributed by atoms with E-state index in [2.05, 4.69) is 22.2 Å². The Morgan fingerprint density at radius 2 is 2.00 bits per heavy atom. The second-order valence-electron chi connectivity index (χ2n) is 4.63. The first-order valence-electron chi connectivity index (χ1n) is 6.56. The van der Waals surface area contributed by atoms with Gasteiger partial charge in [0.15, 0.2) is 0 Å². The zero-order valence-electron chi connectivity index (χ0n) is 11.5. The van der Waals surface area contributed by atoms with Crippen LogP contribution in [-0.2, 0) is 6.42 Å². The molecule has 0 spiro atoms. The van der Waals surface area contributed by atoms with E-state index < -0.39 is 0 Å². The van der Waals surface area contributed by atoms with Crippen molar-refractivity contribution in [2.75, 3.05) is 6.54 Å². The molecule has 2 rings (SSSR count). The minimum atomic E-state index is 0.0896. The third kappa shape index (κ3) is 3.92. The van der Waals surface area contributed by atoms with Crippen LogP contribution >= 0.6 is 23.2 Å². The van der Waals surface area contributed by atoms with Crippen LogP contribution in [0.25, 0.3) is 0 Å². The van der Waals surface area contributed by atoms with Gasteiger partial charge in [-0.3, -0.25) is 9.97 Å². The summed E-state index contributed by atoms with van der Waals surface area (Å²) in [6.07, 6.45) is 4.34. The van der Waals surface area contributed by atoms with Crippen LogP contribution in [0.2, 0.25) is 10.0 Å². The van der Waals surface area contributed by atoms with Gasteiger partial charge in [-0.05, 0) is 37.6 Å². The molecule has 0 amide bonds. The van der Waals surface area contributed by atoms with Crippen molar-refractivity contribution in [1.29, 1.82) is 0 Å². The summed E-state index contributed by atoms with van der Waals surface area (Å²) in [6, 6.07) is 5.66. The average molecular weight is 310 g/mol. The van der Waals surface area contributed by atoms with Gasteiger partial charge in [0.1, 0.15) is 0 Å². The van der Waals surface area contributed by atoms with Gasteiger partial charge in [0.25, 0.3) is 0 Å². The van der Waals surface area contributed by atoms with E-state index in [4.69, 9.17) is 23.2 Å². The third-order valence-electron chi connectivity index (χ3n) is 3.05. The largest absolute Gasteiger partial charge is 0.309 e. The molecule has 1 N–H and O–H groups in total. The number of hydrogen-bond donors (Lipinski definition) is 1. The number of hydrogen-bond acceptors (Lipinski definition) is 3. The lowest BCUT2D eigenvalue weighted by Crippen LogP contribution is -2.24. The predicted octanol–water partition coefficient (Wildman–Crippen LogP) is 3.99. The van der Waals surface area contributed by atoms with Gasteiger partial charge in [0, 0.05) is 16.2 Å². The summed E-state index contributed by atoms with van der Waals surface area (Å²) in [5, 5.41) is 4.74. The molecule has 0 fully saturated rings. The minimum Gasteiger partial charge on any atom is -0.309 e. The van der Waals surface area contributed by atoms with E-state index in [1.54, 1.807) is 12.3 Å². The number of likely N-dealkylation sites (N-methyl/N-ethyl adjacent to an activating group) is 1. The second kappa shape index (κ2) is 7.02. The van der Waals surface area contributed by atoms with Crippen molar-refractivity contribution < 1.29 is 0 Å². The van der Waals surface area contributed by atoms with Gasteiger partial charge in [-0.15, -0.1) is 0 Å². The first kappa shape index (κ1) is 15.2. The number of rotatable bonds is 5. The zero-order chi connectivity index (χ0) is 14.5. The van der Waals surface area contributed by atoms with E-state index in [0.717, 1.165) is 29.9 Å². The van der Waals surface area contributed by atoms with E-state index in [-0.39, 0.29) is 6.04 Å². The molecule has 106 valence electrons. The molecule has 1 aromatic carbocycles. The lowest BCUT2D eigenvalue weighted by atomic mass is 10.0. The summed E-state index contributed by atoms with van der Waals surface area (Å²) >= 11 is 12.2. The minimum absolute atomic E-state index is 0.0896. The first-order chi connectivity index (χ1) is 9.60. The van der Waals surface area contributed by atoms with Crippen LogP contribution < -0.4 is 5.32 Å². The number of aromatic nitrogens is 2. The number of nitrogens with one attached hydrogen (secondary N) is 1. The fraction of sp³-hybridized carbons (Fsp3) is 0.333. The van der Waals surface area contributed by atoms with Crippen molar-refractivity contribution in [3.05, 3.63) is 57.6 Å². The van der Waals surface area contributed by atoms with Gasteiger partial charge in [-0.25, -0.2) is 0 Å². The van der Waals surface area contributed by atoms with Crippen molar-refractivity contribution in [2.45, 2.75) is 26.3 Å². The fourth-order valence-electron chi connectivity index (χ4n) is 2.02. The molecule has 0 saturated carbocycles. The topological polar surface area (TPSA) is 37.8 Å². The zero-order valence-corrected chi connectivity index (χ0v) is 13.0. The lowest BCUT2D eigenvalue weighted by Gasteiger charge is -2.18. The molecule has 0 radical (unpaired) electrons. The SMILES string of the molecule is CCNC(Cc1ccc(Cl)cc1Cl)c1cnc(C)cn1. The van der Waals surface area contributed by atoms with Gasteiger partial charge in [-0.1, -0.05) is 36.2 Å². The van der Waals surface area contributed by atoms with Crippen molar-refractivity contribution in [1.82, 2.24) is 15.3 Å². The Balaban J connectivity index is 2.22. The summed E-state index contributed by atoms with van der Waals surface area (Å²) in [4.78, 5) is 8.75. The number of aryl methyl sites for hydroxylation is 1. The molecule has 2 aromatic rings. The monoisotopic (exact) mass is 309 g/mol. The Morgan fingerprint density at radius 1 is 1.20 bits per heavy atom. The van der Waals surface area contributed by atoms with E-state index in [0.29, 0.717) is 10.0 Å². The molecule has 1 heterocycles. The van der Waals surface area contributed by atoms with Gasteiger partial charge >= 0.3 is 0 Å². The number of benzene rings is 1. The molecular weight excluding hydrogens is 293 g/mol. The van der Waals surface area contributed by atoms with Gasteiger partial charge in [0.2, 0.25) is 0 Å². The van der Waals surface area contributed by atoms with Crippen LogP contribution in [0.3, 0.4) is 0 Å². The normalized spacial score (nSPS) is 12.4. The van der Waals surface area contributed by atoms with E-state index in [1.807, 2.05) is 25.3 Å². The molecule has 1 atom stereocenters. The molecule has 5 heteroatoms. The molecule has 0 aliphatic carbocycles. The molecule has 0 bridgehead atoms. The summed E-state index contributed by atoms with van der Waals surface area (Å²) in [6.45, 7) is 4.85. The summed E-state index contributed by atoms with van der Waals surface area (Å²) in [7, 11) is 0. The highest BCUT2D eigenvalue weighted by atomic mass is 35.5. The quantitative estimate of drug-likeness (QED) is 0.907. The van der Waals surface area contributed by atoms with Crippen molar-refractivity contribution in [3.8, 4) is 0 Å². The molecule has 0 saturated heterocycles. The molecule has 3 nitrogen and oxygen atoms in total.